The predicted molar refractivity (Wildman–Crippen MR) is 50.6 cm³/mol. The van der Waals surface area contributed by atoms with Gasteiger partial charge in [0.05, 0.1) is 12.7 Å². The van der Waals surface area contributed by atoms with E-state index in [4.69, 9.17) is 10.00 Å². The van der Waals surface area contributed by atoms with Gasteiger partial charge in [-0.15, -0.1) is 0 Å². The van der Waals surface area contributed by atoms with Gasteiger partial charge in [0.2, 0.25) is 0 Å². The van der Waals surface area contributed by atoms with Crippen molar-refractivity contribution in [3.8, 4) is 11.8 Å². The SMILES string of the molecule is Bc1cc(C)c(C#N)c(OC)c1. The molecule has 0 heterocycles. The lowest BCUT2D eigenvalue weighted by atomic mass is 9.92. The number of rotatable bonds is 1. The zero-order valence-corrected chi connectivity index (χ0v) is 7.51. The zero-order chi connectivity index (χ0) is 9.14. The molecule has 0 saturated carbocycles. The van der Waals surface area contributed by atoms with Crippen LogP contribution in [-0.4, -0.2) is 15.0 Å². The molecule has 0 spiro atoms. The normalized spacial score (nSPS) is 9.08. The van der Waals surface area contributed by atoms with E-state index < -0.39 is 0 Å². The third-order valence-electron chi connectivity index (χ3n) is 1.78. The predicted octanol–water partition coefficient (Wildman–Crippen LogP) is 0.134. The second-order valence-corrected chi connectivity index (χ2v) is 2.77. The Bertz CT molecular complexity index is 341. The fourth-order valence-corrected chi connectivity index (χ4v) is 1.23. The van der Waals surface area contributed by atoms with Crippen LogP contribution < -0.4 is 10.2 Å². The van der Waals surface area contributed by atoms with Gasteiger partial charge in [-0.25, -0.2) is 0 Å². The summed E-state index contributed by atoms with van der Waals surface area (Å²) in [6.07, 6.45) is 0. The van der Waals surface area contributed by atoms with E-state index in [0.29, 0.717) is 11.3 Å². The van der Waals surface area contributed by atoms with E-state index in [0.717, 1.165) is 11.0 Å². The quantitative estimate of drug-likeness (QED) is 0.545. The van der Waals surface area contributed by atoms with E-state index in [9.17, 15) is 0 Å². The highest BCUT2D eigenvalue weighted by Crippen LogP contribution is 2.18. The standard InChI is InChI=1S/C9H10BNO/c1-6-3-7(10)4-9(12-2)8(6)5-11/h3-4H,10H2,1-2H3. The molecule has 0 fully saturated rings. The highest BCUT2D eigenvalue weighted by Gasteiger charge is 2.05. The van der Waals surface area contributed by atoms with Crippen molar-refractivity contribution in [1.29, 1.82) is 5.26 Å². The molecule has 0 N–H and O–H groups in total. The molecule has 12 heavy (non-hydrogen) atoms. The second kappa shape index (κ2) is 3.31. The van der Waals surface area contributed by atoms with Gasteiger partial charge in [-0.2, -0.15) is 5.26 Å². The molecule has 3 heteroatoms. The number of ether oxygens (including phenoxy) is 1. The largest absolute Gasteiger partial charge is 0.495 e. The van der Waals surface area contributed by atoms with E-state index in [2.05, 4.69) is 6.07 Å². The Hall–Kier alpha value is -1.43. The van der Waals surface area contributed by atoms with Crippen molar-refractivity contribution in [2.24, 2.45) is 0 Å². The fraction of sp³-hybridized carbons (Fsp3) is 0.222. The Labute approximate surface area is 73.2 Å². The number of nitriles is 1. The van der Waals surface area contributed by atoms with Gasteiger partial charge in [0, 0.05) is 0 Å². The van der Waals surface area contributed by atoms with Crippen molar-refractivity contribution in [2.45, 2.75) is 6.92 Å². The lowest BCUT2D eigenvalue weighted by molar-refractivity contribution is 0.413. The van der Waals surface area contributed by atoms with Crippen molar-refractivity contribution >= 4 is 13.3 Å². The topological polar surface area (TPSA) is 33.0 Å². The first-order valence-electron chi connectivity index (χ1n) is 3.74. The molecule has 0 atom stereocenters. The first-order valence-corrected chi connectivity index (χ1v) is 3.74. The zero-order valence-electron chi connectivity index (χ0n) is 7.51. The Kier molecular flexibility index (Phi) is 2.39. The monoisotopic (exact) mass is 159 g/mol. The van der Waals surface area contributed by atoms with Crippen molar-refractivity contribution < 1.29 is 4.74 Å². The number of aryl methyl sites for hydroxylation is 1. The molecule has 0 bridgehead atoms. The van der Waals surface area contributed by atoms with Crippen LogP contribution in [0.15, 0.2) is 12.1 Å². The molecular formula is C9H10BNO. The van der Waals surface area contributed by atoms with Crippen molar-refractivity contribution in [2.75, 3.05) is 7.11 Å². The first-order chi connectivity index (χ1) is 5.69. The maximum atomic E-state index is 8.79. The van der Waals surface area contributed by atoms with E-state index in [1.54, 1.807) is 7.11 Å². The van der Waals surface area contributed by atoms with E-state index in [1.807, 2.05) is 26.9 Å². The number of hydrogen-bond donors (Lipinski definition) is 0. The van der Waals surface area contributed by atoms with Gasteiger partial charge in [-0.05, 0) is 18.6 Å². The summed E-state index contributed by atoms with van der Waals surface area (Å²) in [4.78, 5) is 0. The van der Waals surface area contributed by atoms with Crippen LogP contribution in [0.1, 0.15) is 11.1 Å². The molecule has 2 nitrogen and oxygen atoms in total. The minimum atomic E-state index is 0.628. The van der Waals surface area contributed by atoms with Crippen molar-refractivity contribution in [1.82, 2.24) is 0 Å². The molecule has 0 amide bonds. The van der Waals surface area contributed by atoms with Gasteiger partial charge in [0.15, 0.2) is 0 Å². The maximum absolute atomic E-state index is 8.79. The molecule has 0 radical (unpaired) electrons. The molecule has 0 aromatic heterocycles. The van der Waals surface area contributed by atoms with Crippen LogP contribution in [0.3, 0.4) is 0 Å². The average Bonchev–Trinajstić information content (AvgIpc) is 2.03. The summed E-state index contributed by atoms with van der Waals surface area (Å²) >= 11 is 0. The molecule has 60 valence electrons. The average molecular weight is 159 g/mol. The van der Waals surface area contributed by atoms with E-state index >= 15 is 0 Å². The summed E-state index contributed by atoms with van der Waals surface area (Å²) in [6, 6.07) is 5.96. The maximum Gasteiger partial charge on any atom is 0.139 e. The van der Waals surface area contributed by atoms with Gasteiger partial charge < -0.3 is 4.74 Å². The minimum absolute atomic E-state index is 0.628. The Morgan fingerprint density at radius 3 is 2.67 bits per heavy atom. The molecule has 1 aromatic carbocycles. The molecule has 0 aliphatic carbocycles. The highest BCUT2D eigenvalue weighted by molar-refractivity contribution is 6.32. The van der Waals surface area contributed by atoms with Crippen LogP contribution in [0.5, 0.6) is 5.75 Å². The van der Waals surface area contributed by atoms with E-state index in [1.165, 1.54) is 0 Å². The number of benzene rings is 1. The number of hydrogen-bond acceptors (Lipinski definition) is 2. The van der Waals surface area contributed by atoms with Gasteiger partial charge in [-0.3, -0.25) is 0 Å². The number of nitrogens with zero attached hydrogens (tertiary/aromatic N) is 1. The molecule has 0 aliphatic heterocycles. The summed E-state index contributed by atoms with van der Waals surface area (Å²) in [7, 11) is 3.56. The summed E-state index contributed by atoms with van der Waals surface area (Å²) in [5.74, 6) is 0.662. The smallest absolute Gasteiger partial charge is 0.139 e. The highest BCUT2D eigenvalue weighted by atomic mass is 16.5. The van der Waals surface area contributed by atoms with Crippen molar-refractivity contribution in [3.05, 3.63) is 23.3 Å². The second-order valence-electron chi connectivity index (χ2n) is 2.77. The first kappa shape index (κ1) is 8.67. The summed E-state index contributed by atoms with van der Waals surface area (Å²) in [6.45, 7) is 1.91. The van der Waals surface area contributed by atoms with Crippen LogP contribution in [0.4, 0.5) is 0 Å². The van der Waals surface area contributed by atoms with Crippen LogP contribution in [0.25, 0.3) is 0 Å². The summed E-state index contributed by atoms with van der Waals surface area (Å²) in [5, 5.41) is 8.79. The lowest BCUT2D eigenvalue weighted by Crippen LogP contribution is -2.05. The van der Waals surface area contributed by atoms with Gasteiger partial charge >= 0.3 is 0 Å². The molecule has 0 saturated heterocycles. The van der Waals surface area contributed by atoms with Gasteiger partial charge in [0.1, 0.15) is 19.7 Å². The molecule has 1 aromatic rings. The number of methoxy groups -OCH3 is 1. The fourth-order valence-electron chi connectivity index (χ4n) is 1.23. The Balaban J connectivity index is 3.36. The molecule has 0 aliphatic rings. The molecular weight excluding hydrogens is 149 g/mol. The van der Waals surface area contributed by atoms with E-state index in [-0.39, 0.29) is 0 Å². The molecule has 0 unspecified atom stereocenters. The summed E-state index contributed by atoms with van der Waals surface area (Å²) < 4.78 is 5.08. The Morgan fingerprint density at radius 1 is 1.50 bits per heavy atom. The van der Waals surface area contributed by atoms with Crippen molar-refractivity contribution in [3.63, 3.8) is 0 Å². The van der Waals surface area contributed by atoms with Crippen LogP contribution in [0.2, 0.25) is 0 Å². The van der Waals surface area contributed by atoms with Crippen LogP contribution in [-0.2, 0) is 0 Å². The van der Waals surface area contributed by atoms with Gasteiger partial charge in [0.25, 0.3) is 0 Å². The molecule has 1 rings (SSSR count). The minimum Gasteiger partial charge on any atom is -0.495 e. The van der Waals surface area contributed by atoms with Crippen LogP contribution in [0, 0.1) is 18.3 Å². The van der Waals surface area contributed by atoms with Gasteiger partial charge in [-0.1, -0.05) is 11.5 Å². The lowest BCUT2D eigenvalue weighted by Gasteiger charge is -2.06. The third kappa shape index (κ3) is 1.43. The third-order valence-corrected chi connectivity index (χ3v) is 1.78. The summed E-state index contributed by atoms with van der Waals surface area (Å²) in [5.41, 5.74) is 2.71. The van der Waals surface area contributed by atoms with Crippen LogP contribution >= 0.6 is 0 Å². The Morgan fingerprint density at radius 2 is 2.17 bits per heavy atom.